The van der Waals surface area contributed by atoms with Gasteiger partial charge in [-0.3, -0.25) is 0 Å². The molecule has 0 fully saturated rings. The predicted octanol–water partition coefficient (Wildman–Crippen LogP) is 5.67. The van der Waals surface area contributed by atoms with Gasteiger partial charge in [0.05, 0.1) is 12.5 Å². The molecule has 3 heteroatoms. The van der Waals surface area contributed by atoms with Gasteiger partial charge in [0.25, 0.3) is 0 Å². The van der Waals surface area contributed by atoms with Crippen LogP contribution in [0.1, 0.15) is 45.1 Å². The quantitative estimate of drug-likeness (QED) is 0.560. The Balaban J connectivity index is 2.59. The third-order valence-electron chi connectivity index (χ3n) is 3.23. The molecule has 0 bridgehead atoms. The summed E-state index contributed by atoms with van der Waals surface area (Å²) in [6.07, 6.45) is 4.88. The molecule has 1 rings (SSSR count). The molecule has 1 unspecified atom stereocenters. The number of hydrogen-bond acceptors (Lipinski definition) is 1. The summed E-state index contributed by atoms with van der Waals surface area (Å²) in [5.41, 5.74) is 0.895. The Morgan fingerprint density at radius 1 is 1.28 bits per heavy atom. The normalized spacial score (nSPS) is 12.4. The van der Waals surface area contributed by atoms with Crippen molar-refractivity contribution in [2.24, 2.45) is 5.92 Å². The summed E-state index contributed by atoms with van der Waals surface area (Å²) in [4.78, 5) is 0. The van der Waals surface area contributed by atoms with E-state index in [1.54, 1.807) is 0 Å². The van der Waals surface area contributed by atoms with E-state index < -0.39 is 0 Å². The molecular formula is C15H22Cl2O. The van der Waals surface area contributed by atoms with Crippen LogP contribution in [-0.4, -0.2) is 6.61 Å². The Kier molecular flexibility index (Phi) is 7.53. The fraction of sp³-hybridized carbons (Fsp3) is 0.600. The van der Waals surface area contributed by atoms with Crippen LogP contribution >= 0.6 is 23.2 Å². The number of halogens is 2. The van der Waals surface area contributed by atoms with Gasteiger partial charge in [0, 0.05) is 10.6 Å². The highest BCUT2D eigenvalue weighted by Gasteiger charge is 2.10. The van der Waals surface area contributed by atoms with E-state index in [1.165, 1.54) is 19.3 Å². The smallest absolute Gasteiger partial charge is 0.125 e. The van der Waals surface area contributed by atoms with Crippen LogP contribution in [0, 0.1) is 5.92 Å². The third kappa shape index (κ3) is 4.70. The first-order chi connectivity index (χ1) is 8.72. The van der Waals surface area contributed by atoms with Crippen molar-refractivity contribution in [2.45, 2.75) is 45.4 Å². The zero-order valence-corrected chi connectivity index (χ0v) is 12.7. The summed E-state index contributed by atoms with van der Waals surface area (Å²) >= 11 is 12.0. The average Bonchev–Trinajstić information content (AvgIpc) is 2.39. The molecule has 0 heterocycles. The maximum Gasteiger partial charge on any atom is 0.125 e. The number of benzene rings is 1. The van der Waals surface area contributed by atoms with Gasteiger partial charge in [0.2, 0.25) is 0 Å². The van der Waals surface area contributed by atoms with Crippen molar-refractivity contribution in [3.8, 4) is 5.75 Å². The second kappa shape index (κ2) is 8.66. The maximum atomic E-state index is 6.10. The van der Waals surface area contributed by atoms with E-state index in [4.69, 9.17) is 27.9 Å². The van der Waals surface area contributed by atoms with Gasteiger partial charge >= 0.3 is 0 Å². The topological polar surface area (TPSA) is 9.23 Å². The molecule has 0 spiro atoms. The second-order valence-electron chi connectivity index (χ2n) is 4.58. The zero-order chi connectivity index (χ0) is 13.4. The maximum absolute atomic E-state index is 6.10. The van der Waals surface area contributed by atoms with Crippen molar-refractivity contribution in [1.82, 2.24) is 0 Å². The molecule has 102 valence electrons. The Hall–Kier alpha value is -0.400. The lowest BCUT2D eigenvalue weighted by atomic mass is 10.0. The van der Waals surface area contributed by atoms with Crippen LogP contribution in [-0.2, 0) is 5.88 Å². The second-order valence-corrected chi connectivity index (χ2v) is 5.25. The molecule has 0 saturated carbocycles. The standard InChI is InChI=1S/C15H22Cl2O/c1-3-5-7-12(4-2)11-18-15-9-6-8-14(17)13(15)10-16/h6,8-9,12H,3-5,7,10-11H2,1-2H3. The van der Waals surface area contributed by atoms with Crippen molar-refractivity contribution in [3.05, 3.63) is 28.8 Å². The summed E-state index contributed by atoms with van der Waals surface area (Å²) in [5.74, 6) is 1.83. The molecule has 0 radical (unpaired) electrons. The van der Waals surface area contributed by atoms with Crippen molar-refractivity contribution in [3.63, 3.8) is 0 Å². The van der Waals surface area contributed by atoms with E-state index in [0.717, 1.165) is 24.3 Å². The predicted molar refractivity (Wildman–Crippen MR) is 79.8 cm³/mol. The zero-order valence-electron chi connectivity index (χ0n) is 11.2. The van der Waals surface area contributed by atoms with Gasteiger partial charge in [-0.1, -0.05) is 50.8 Å². The van der Waals surface area contributed by atoms with Crippen LogP contribution < -0.4 is 4.74 Å². The molecular weight excluding hydrogens is 267 g/mol. The lowest BCUT2D eigenvalue weighted by Gasteiger charge is -2.17. The fourth-order valence-corrected chi connectivity index (χ4v) is 2.49. The van der Waals surface area contributed by atoms with Gasteiger partial charge in [0.15, 0.2) is 0 Å². The van der Waals surface area contributed by atoms with E-state index in [1.807, 2.05) is 18.2 Å². The minimum atomic E-state index is 0.390. The lowest BCUT2D eigenvalue weighted by molar-refractivity contribution is 0.232. The van der Waals surface area contributed by atoms with E-state index in [-0.39, 0.29) is 0 Å². The largest absolute Gasteiger partial charge is 0.493 e. The van der Waals surface area contributed by atoms with Crippen LogP contribution in [0.5, 0.6) is 5.75 Å². The molecule has 0 saturated heterocycles. The summed E-state index contributed by atoms with van der Waals surface area (Å²) < 4.78 is 5.89. The Morgan fingerprint density at radius 3 is 2.67 bits per heavy atom. The molecule has 0 aromatic heterocycles. The first-order valence-electron chi connectivity index (χ1n) is 6.69. The van der Waals surface area contributed by atoms with Gasteiger partial charge in [-0.15, -0.1) is 11.6 Å². The SMILES string of the molecule is CCCCC(CC)COc1cccc(Cl)c1CCl. The molecule has 0 aliphatic carbocycles. The van der Waals surface area contributed by atoms with E-state index >= 15 is 0 Å². The van der Waals surface area contributed by atoms with Crippen LogP contribution in [0.15, 0.2) is 18.2 Å². The van der Waals surface area contributed by atoms with Crippen LogP contribution in [0.4, 0.5) is 0 Å². The summed E-state index contributed by atoms with van der Waals surface area (Å²) in [7, 11) is 0. The molecule has 0 aliphatic rings. The molecule has 18 heavy (non-hydrogen) atoms. The van der Waals surface area contributed by atoms with Crippen LogP contribution in [0.3, 0.4) is 0 Å². The first kappa shape index (κ1) is 15.7. The number of alkyl halides is 1. The molecule has 1 aromatic rings. The van der Waals surface area contributed by atoms with Crippen LogP contribution in [0.2, 0.25) is 5.02 Å². The van der Waals surface area contributed by atoms with Gasteiger partial charge in [-0.05, 0) is 24.5 Å². The van der Waals surface area contributed by atoms with Gasteiger partial charge in [-0.2, -0.15) is 0 Å². The Morgan fingerprint density at radius 2 is 2.06 bits per heavy atom. The molecule has 0 amide bonds. The van der Waals surface area contributed by atoms with Crippen molar-refractivity contribution in [2.75, 3.05) is 6.61 Å². The number of ether oxygens (including phenoxy) is 1. The minimum absolute atomic E-state index is 0.390. The van der Waals surface area contributed by atoms with E-state index in [2.05, 4.69) is 13.8 Å². The van der Waals surface area contributed by atoms with Crippen molar-refractivity contribution in [1.29, 1.82) is 0 Å². The lowest BCUT2D eigenvalue weighted by Crippen LogP contribution is -2.12. The van der Waals surface area contributed by atoms with Gasteiger partial charge < -0.3 is 4.74 Å². The summed E-state index contributed by atoms with van der Waals surface area (Å²) in [6, 6.07) is 5.69. The fourth-order valence-electron chi connectivity index (χ4n) is 1.91. The van der Waals surface area contributed by atoms with Crippen molar-refractivity contribution < 1.29 is 4.74 Å². The van der Waals surface area contributed by atoms with Crippen molar-refractivity contribution >= 4 is 23.2 Å². The van der Waals surface area contributed by atoms with Gasteiger partial charge in [-0.25, -0.2) is 0 Å². The number of hydrogen-bond donors (Lipinski definition) is 0. The van der Waals surface area contributed by atoms with E-state index in [0.29, 0.717) is 16.8 Å². The third-order valence-corrected chi connectivity index (χ3v) is 3.85. The van der Waals surface area contributed by atoms with E-state index in [9.17, 15) is 0 Å². The molecule has 1 nitrogen and oxygen atoms in total. The first-order valence-corrected chi connectivity index (χ1v) is 7.60. The monoisotopic (exact) mass is 288 g/mol. The average molecular weight is 289 g/mol. The highest BCUT2D eigenvalue weighted by Crippen LogP contribution is 2.28. The highest BCUT2D eigenvalue weighted by molar-refractivity contribution is 6.32. The molecule has 0 aliphatic heterocycles. The molecule has 0 N–H and O–H groups in total. The molecule has 1 atom stereocenters. The van der Waals surface area contributed by atoms with Crippen LogP contribution in [0.25, 0.3) is 0 Å². The number of rotatable bonds is 8. The molecule has 1 aromatic carbocycles. The van der Waals surface area contributed by atoms with Gasteiger partial charge in [0.1, 0.15) is 5.75 Å². The number of unbranched alkanes of at least 4 members (excludes halogenated alkanes) is 1. The minimum Gasteiger partial charge on any atom is -0.493 e. The Labute approximate surface area is 120 Å². The Bertz CT molecular complexity index is 352. The summed E-state index contributed by atoms with van der Waals surface area (Å²) in [6.45, 7) is 5.18. The highest BCUT2D eigenvalue weighted by atomic mass is 35.5. The summed E-state index contributed by atoms with van der Waals surface area (Å²) in [5, 5.41) is 0.684.